The van der Waals surface area contributed by atoms with E-state index in [-0.39, 0.29) is 43.1 Å². The number of hydrazine groups is 1. The van der Waals surface area contributed by atoms with Crippen molar-refractivity contribution in [1.29, 1.82) is 0 Å². The highest BCUT2D eigenvalue weighted by atomic mass is 16.5. The maximum Gasteiger partial charge on any atom is 0.334 e. The molecule has 2 atom stereocenters. The Morgan fingerprint density at radius 2 is 1.74 bits per heavy atom. The van der Waals surface area contributed by atoms with Crippen LogP contribution in [0.5, 0.6) is 5.75 Å². The molecular formula is C29H39N5O5. The van der Waals surface area contributed by atoms with E-state index in [1.807, 2.05) is 30.3 Å². The Bertz CT molecular complexity index is 1110. The van der Waals surface area contributed by atoms with Crippen molar-refractivity contribution in [2.24, 2.45) is 0 Å². The van der Waals surface area contributed by atoms with Crippen molar-refractivity contribution in [3.63, 3.8) is 0 Å². The second kappa shape index (κ2) is 13.4. The average molecular weight is 538 g/mol. The summed E-state index contributed by atoms with van der Waals surface area (Å²) in [5.74, 6) is -0.210. The number of fused-ring (bicyclic) bond motifs is 1. The first-order valence-electron chi connectivity index (χ1n) is 13.7. The zero-order chi connectivity index (χ0) is 27.8. The molecule has 0 radical (unpaired) electrons. The Labute approximate surface area is 230 Å². The van der Waals surface area contributed by atoms with Crippen LogP contribution < -0.4 is 5.32 Å². The lowest BCUT2D eigenvalue weighted by atomic mass is 9.98. The molecule has 210 valence electrons. The molecule has 2 fully saturated rings. The van der Waals surface area contributed by atoms with E-state index >= 15 is 0 Å². The number of amides is 4. The van der Waals surface area contributed by atoms with E-state index in [1.54, 1.807) is 51.1 Å². The van der Waals surface area contributed by atoms with Crippen molar-refractivity contribution in [2.75, 3.05) is 39.9 Å². The fraction of sp³-hybridized carbons (Fsp3) is 0.483. The maximum atomic E-state index is 13.7. The minimum atomic E-state index is -0.764. The second-order valence-electron chi connectivity index (χ2n) is 10.1. The number of benzene rings is 2. The van der Waals surface area contributed by atoms with Gasteiger partial charge in [-0.25, -0.2) is 14.8 Å². The van der Waals surface area contributed by atoms with Gasteiger partial charge in [-0.15, -0.1) is 0 Å². The summed E-state index contributed by atoms with van der Waals surface area (Å²) in [5, 5.41) is 15.9. The third-order valence-corrected chi connectivity index (χ3v) is 7.16. The first-order valence-corrected chi connectivity index (χ1v) is 13.7. The Hall–Kier alpha value is -3.63. The monoisotopic (exact) mass is 537 g/mol. The number of hydrogen-bond donors (Lipinski definition) is 2. The first kappa shape index (κ1) is 28.4. The van der Waals surface area contributed by atoms with Gasteiger partial charge in [0.05, 0.1) is 13.1 Å². The second-order valence-corrected chi connectivity index (χ2v) is 10.1. The molecule has 10 nitrogen and oxygen atoms in total. The van der Waals surface area contributed by atoms with Crippen molar-refractivity contribution in [3.05, 3.63) is 65.7 Å². The van der Waals surface area contributed by atoms with Crippen LogP contribution in [0.25, 0.3) is 0 Å². The van der Waals surface area contributed by atoms with Crippen molar-refractivity contribution < 1.29 is 24.2 Å². The molecule has 2 N–H and O–H groups in total. The van der Waals surface area contributed by atoms with Crippen LogP contribution in [0.2, 0.25) is 0 Å². The molecule has 0 saturated carbocycles. The molecule has 4 amide bonds. The maximum absolute atomic E-state index is 13.7. The highest BCUT2D eigenvalue weighted by Gasteiger charge is 2.50. The Morgan fingerprint density at radius 3 is 2.46 bits per heavy atom. The minimum absolute atomic E-state index is 0.0140. The quantitative estimate of drug-likeness (QED) is 0.427. The van der Waals surface area contributed by atoms with Crippen molar-refractivity contribution >= 4 is 17.8 Å². The highest BCUT2D eigenvalue weighted by Crippen LogP contribution is 2.28. The number of piperazine rings is 1. The number of nitrogens with one attached hydrogen (secondary N) is 1. The Morgan fingerprint density at radius 1 is 1.03 bits per heavy atom. The molecule has 2 saturated heterocycles. The number of carbonyl (C=O) groups is 3. The summed E-state index contributed by atoms with van der Waals surface area (Å²) >= 11 is 0. The van der Waals surface area contributed by atoms with Crippen molar-refractivity contribution in [1.82, 2.24) is 25.1 Å². The summed E-state index contributed by atoms with van der Waals surface area (Å²) in [4.78, 5) is 43.9. The molecule has 2 aromatic rings. The number of phenolic OH excluding ortho intramolecular Hbond substituents is 1. The molecule has 2 aliphatic rings. The fourth-order valence-electron chi connectivity index (χ4n) is 5.12. The fourth-order valence-corrected chi connectivity index (χ4v) is 5.12. The summed E-state index contributed by atoms with van der Waals surface area (Å²) in [6.45, 7) is 4.37. The van der Waals surface area contributed by atoms with Crippen LogP contribution >= 0.6 is 0 Å². The number of unbranched alkanes of at least 4 members (excludes halogenated alkanes) is 1. The number of ether oxygens (including phenoxy) is 1. The SMILES string of the molecule is CCCCOCCCN1C[C@H]2N(C(=O)CN(C)N2C(=O)NCc2ccccc2)[C@@H](Cc2ccc(O)cc2)C1=O. The number of hydrogen-bond acceptors (Lipinski definition) is 6. The van der Waals surface area contributed by atoms with Crippen LogP contribution in [0, 0.1) is 0 Å². The van der Waals surface area contributed by atoms with Crippen molar-refractivity contribution in [3.8, 4) is 5.75 Å². The highest BCUT2D eigenvalue weighted by molar-refractivity contribution is 5.91. The van der Waals surface area contributed by atoms with E-state index in [4.69, 9.17) is 4.74 Å². The first-order chi connectivity index (χ1) is 18.9. The molecule has 0 aliphatic carbocycles. The summed E-state index contributed by atoms with van der Waals surface area (Å²) in [7, 11) is 1.72. The van der Waals surface area contributed by atoms with E-state index in [0.29, 0.717) is 32.7 Å². The molecule has 0 unspecified atom stereocenters. The Kier molecular flexibility index (Phi) is 9.78. The van der Waals surface area contributed by atoms with E-state index in [0.717, 1.165) is 24.0 Å². The molecular weight excluding hydrogens is 498 g/mol. The third kappa shape index (κ3) is 7.07. The van der Waals surface area contributed by atoms with Gasteiger partial charge in [-0.2, -0.15) is 0 Å². The lowest BCUT2D eigenvalue weighted by molar-refractivity contribution is -0.187. The number of nitrogens with zero attached hydrogens (tertiary/aromatic N) is 4. The van der Waals surface area contributed by atoms with Gasteiger partial charge < -0.3 is 25.0 Å². The largest absolute Gasteiger partial charge is 0.508 e. The van der Waals surface area contributed by atoms with Crippen LogP contribution in [0.15, 0.2) is 54.6 Å². The van der Waals surface area contributed by atoms with Gasteiger partial charge in [-0.05, 0) is 36.1 Å². The predicted octanol–water partition coefficient (Wildman–Crippen LogP) is 2.58. The topological polar surface area (TPSA) is 106 Å². The minimum Gasteiger partial charge on any atom is -0.508 e. The van der Waals surface area contributed by atoms with Crippen LogP contribution in [0.3, 0.4) is 0 Å². The van der Waals surface area contributed by atoms with Gasteiger partial charge in [0, 0.05) is 39.8 Å². The van der Waals surface area contributed by atoms with Gasteiger partial charge in [0.1, 0.15) is 18.0 Å². The van der Waals surface area contributed by atoms with E-state index < -0.39 is 12.2 Å². The lowest BCUT2D eigenvalue weighted by Gasteiger charge is -2.54. The van der Waals surface area contributed by atoms with Crippen molar-refractivity contribution in [2.45, 2.75) is 51.4 Å². The molecule has 39 heavy (non-hydrogen) atoms. The van der Waals surface area contributed by atoms with Gasteiger partial charge >= 0.3 is 6.03 Å². The molecule has 2 heterocycles. The van der Waals surface area contributed by atoms with E-state index in [9.17, 15) is 19.5 Å². The van der Waals surface area contributed by atoms with Gasteiger partial charge in [-0.1, -0.05) is 55.8 Å². The molecule has 4 rings (SSSR count). The molecule has 2 aromatic carbocycles. The molecule has 0 spiro atoms. The standard InChI is InChI=1S/C29H39N5O5/c1-3-4-16-39-17-8-15-32-20-26-33(25(28(32)37)18-22-11-13-24(35)14-12-22)27(36)21-31(2)34(26)29(38)30-19-23-9-6-5-7-10-23/h5-7,9-14,25-26,35H,3-4,8,15-21H2,1-2H3,(H,30,38)/t25-,26-/m0/s1. The summed E-state index contributed by atoms with van der Waals surface area (Å²) in [5.41, 5.74) is 1.79. The zero-order valence-electron chi connectivity index (χ0n) is 22.8. The summed E-state index contributed by atoms with van der Waals surface area (Å²) in [6, 6.07) is 15.2. The molecule has 0 aromatic heterocycles. The van der Waals surface area contributed by atoms with Gasteiger partial charge in [0.15, 0.2) is 0 Å². The van der Waals surface area contributed by atoms with E-state index in [2.05, 4.69) is 12.2 Å². The number of urea groups is 1. The molecule has 10 heteroatoms. The number of carbonyl (C=O) groups excluding carboxylic acids is 3. The van der Waals surface area contributed by atoms with Crippen LogP contribution in [0.4, 0.5) is 4.79 Å². The third-order valence-electron chi connectivity index (χ3n) is 7.16. The van der Waals surface area contributed by atoms with Crippen LogP contribution in [0.1, 0.15) is 37.3 Å². The summed E-state index contributed by atoms with van der Waals surface area (Å²) in [6.07, 6.45) is 2.36. The van der Waals surface area contributed by atoms with E-state index in [1.165, 1.54) is 0 Å². The average Bonchev–Trinajstić information content (AvgIpc) is 2.93. The van der Waals surface area contributed by atoms with Gasteiger partial charge in [0.2, 0.25) is 11.8 Å². The van der Waals surface area contributed by atoms with Crippen LogP contribution in [-0.2, 0) is 27.3 Å². The smallest absolute Gasteiger partial charge is 0.334 e. The van der Waals surface area contributed by atoms with Gasteiger partial charge in [0.25, 0.3) is 0 Å². The molecule has 0 bridgehead atoms. The van der Waals surface area contributed by atoms with Gasteiger partial charge in [-0.3, -0.25) is 9.59 Å². The number of likely N-dealkylation sites (N-methyl/N-ethyl adjacent to an activating group) is 1. The normalized spacial score (nSPS) is 19.8. The Balaban J connectivity index is 1.55. The number of aromatic hydroxyl groups is 1. The lowest BCUT2D eigenvalue weighted by Crippen LogP contribution is -2.76. The zero-order valence-corrected chi connectivity index (χ0v) is 22.8. The number of phenols is 1. The predicted molar refractivity (Wildman–Crippen MR) is 146 cm³/mol. The van der Waals surface area contributed by atoms with Crippen LogP contribution in [-0.4, -0.2) is 94.9 Å². The number of rotatable bonds is 11. The molecule has 2 aliphatic heterocycles. The summed E-state index contributed by atoms with van der Waals surface area (Å²) < 4.78 is 5.70.